The van der Waals surface area contributed by atoms with Gasteiger partial charge in [0, 0.05) is 4.90 Å². The number of carboxylic acid groups (broad SMARTS) is 1. The molecule has 1 aromatic rings. The predicted octanol–water partition coefficient (Wildman–Crippen LogP) is 2.85. The van der Waals surface area contributed by atoms with Gasteiger partial charge in [-0.25, -0.2) is 0 Å². The van der Waals surface area contributed by atoms with Gasteiger partial charge in [0.25, 0.3) is 0 Å². The first-order valence-electron chi connectivity index (χ1n) is 7.79. The molecule has 3 unspecified atom stereocenters. The molecule has 22 heavy (non-hydrogen) atoms. The van der Waals surface area contributed by atoms with E-state index >= 15 is 0 Å². The lowest BCUT2D eigenvalue weighted by molar-refractivity contribution is -0.146. The van der Waals surface area contributed by atoms with Crippen molar-refractivity contribution in [2.24, 2.45) is 5.92 Å². The first-order chi connectivity index (χ1) is 10.5. The van der Waals surface area contributed by atoms with Crippen LogP contribution in [0.1, 0.15) is 38.2 Å². The number of nitrogens with one attached hydrogen (secondary N) is 1. The zero-order chi connectivity index (χ0) is 15.7. The highest BCUT2D eigenvalue weighted by atomic mass is 32.2. The Morgan fingerprint density at radius 1 is 1.32 bits per heavy atom. The van der Waals surface area contributed by atoms with Gasteiger partial charge in [-0.2, -0.15) is 0 Å². The number of rotatable bonds is 3. The molecule has 0 spiro atoms. The monoisotopic (exact) mass is 319 g/mol. The Morgan fingerprint density at radius 3 is 2.82 bits per heavy atom. The van der Waals surface area contributed by atoms with Crippen LogP contribution in [0.15, 0.2) is 29.2 Å². The van der Waals surface area contributed by atoms with E-state index in [0.717, 1.165) is 30.6 Å². The highest BCUT2D eigenvalue weighted by Gasteiger charge is 2.43. The minimum absolute atomic E-state index is 0.0307. The van der Waals surface area contributed by atoms with Crippen molar-refractivity contribution in [1.29, 1.82) is 0 Å². The number of amides is 1. The number of benzene rings is 1. The molecule has 1 saturated carbocycles. The molecular weight excluding hydrogens is 298 g/mol. The molecule has 0 aromatic heterocycles. The molecule has 3 rings (SSSR count). The van der Waals surface area contributed by atoms with Gasteiger partial charge in [-0.05, 0) is 37.8 Å². The van der Waals surface area contributed by atoms with Crippen LogP contribution in [0.5, 0.6) is 0 Å². The zero-order valence-electron chi connectivity index (χ0n) is 12.7. The summed E-state index contributed by atoms with van der Waals surface area (Å²) >= 11 is 1.58. The second kappa shape index (κ2) is 5.95. The Bertz CT molecular complexity index is 578. The van der Waals surface area contributed by atoms with Crippen LogP contribution in [0.2, 0.25) is 0 Å². The lowest BCUT2D eigenvalue weighted by atomic mass is 9.74. The molecule has 1 aromatic carbocycles. The van der Waals surface area contributed by atoms with Crippen molar-refractivity contribution in [3.8, 4) is 0 Å². The minimum atomic E-state index is -0.801. The fourth-order valence-electron chi connectivity index (χ4n) is 3.57. The van der Waals surface area contributed by atoms with E-state index in [9.17, 15) is 14.7 Å². The quantitative estimate of drug-likeness (QED) is 0.899. The number of fused-ring (bicyclic) bond motifs is 1. The summed E-state index contributed by atoms with van der Waals surface area (Å²) in [4.78, 5) is 25.3. The van der Waals surface area contributed by atoms with Crippen LogP contribution in [0.4, 0.5) is 0 Å². The number of carbonyl (C=O) groups excluding carboxylic acids is 1. The van der Waals surface area contributed by atoms with Crippen molar-refractivity contribution >= 4 is 23.6 Å². The van der Waals surface area contributed by atoms with Crippen LogP contribution in [0, 0.1) is 5.92 Å². The standard InChI is InChI=1S/C17H21NO3S/c1-17(9-5-4-7-12(17)16(20)21)18-15(19)14-10-11-6-2-3-8-13(11)22-14/h2-3,6,8,12,14H,4-5,7,9-10H2,1H3,(H,18,19)(H,20,21). The van der Waals surface area contributed by atoms with Gasteiger partial charge >= 0.3 is 5.97 Å². The Morgan fingerprint density at radius 2 is 2.09 bits per heavy atom. The van der Waals surface area contributed by atoms with Crippen LogP contribution in [0.25, 0.3) is 0 Å². The topological polar surface area (TPSA) is 66.4 Å². The van der Waals surface area contributed by atoms with Crippen LogP contribution >= 0.6 is 11.8 Å². The SMILES string of the molecule is CC1(NC(=O)C2Cc3ccccc3S2)CCCCC1C(=O)O. The van der Waals surface area contributed by atoms with E-state index in [0.29, 0.717) is 6.42 Å². The summed E-state index contributed by atoms with van der Waals surface area (Å²) < 4.78 is 0. The fraction of sp³-hybridized carbons (Fsp3) is 0.529. The maximum Gasteiger partial charge on any atom is 0.308 e. The van der Waals surface area contributed by atoms with Crippen LogP contribution in [-0.2, 0) is 16.0 Å². The summed E-state index contributed by atoms with van der Waals surface area (Å²) in [6.07, 6.45) is 4.00. The normalized spacial score (nSPS) is 30.6. The summed E-state index contributed by atoms with van der Waals surface area (Å²) in [5, 5.41) is 12.4. The summed E-state index contributed by atoms with van der Waals surface area (Å²) in [5.41, 5.74) is 0.576. The molecule has 0 radical (unpaired) electrons. The molecule has 118 valence electrons. The third kappa shape index (κ3) is 2.86. The Labute approximate surface area is 134 Å². The molecule has 2 N–H and O–H groups in total. The van der Waals surface area contributed by atoms with Gasteiger partial charge in [0.2, 0.25) is 5.91 Å². The van der Waals surface area contributed by atoms with E-state index in [2.05, 4.69) is 11.4 Å². The van der Waals surface area contributed by atoms with Gasteiger partial charge in [-0.3, -0.25) is 9.59 Å². The van der Waals surface area contributed by atoms with Gasteiger partial charge in [0.15, 0.2) is 0 Å². The minimum Gasteiger partial charge on any atom is -0.481 e. The van der Waals surface area contributed by atoms with Crippen molar-refractivity contribution in [3.05, 3.63) is 29.8 Å². The molecule has 2 aliphatic rings. The van der Waals surface area contributed by atoms with Gasteiger partial charge in [-0.15, -0.1) is 11.8 Å². The first-order valence-corrected chi connectivity index (χ1v) is 8.67. The van der Waals surface area contributed by atoms with Crippen LogP contribution in [-0.4, -0.2) is 27.8 Å². The molecule has 1 aliphatic heterocycles. The van der Waals surface area contributed by atoms with E-state index in [4.69, 9.17) is 0 Å². The van der Waals surface area contributed by atoms with Crippen LogP contribution < -0.4 is 5.32 Å². The molecule has 1 aliphatic carbocycles. The molecule has 5 heteroatoms. The lowest BCUT2D eigenvalue weighted by Crippen LogP contribution is -2.57. The molecular formula is C17H21NO3S. The number of aliphatic carboxylic acids is 1. The molecule has 4 nitrogen and oxygen atoms in total. The second-order valence-corrected chi connectivity index (χ2v) is 7.71. The van der Waals surface area contributed by atoms with Gasteiger partial charge in [0.05, 0.1) is 16.7 Å². The Hall–Kier alpha value is -1.49. The number of hydrogen-bond donors (Lipinski definition) is 2. The van der Waals surface area contributed by atoms with E-state index in [1.165, 1.54) is 5.56 Å². The van der Waals surface area contributed by atoms with Gasteiger partial charge in [-0.1, -0.05) is 31.0 Å². The molecule has 3 atom stereocenters. The fourth-order valence-corrected chi connectivity index (χ4v) is 4.76. The van der Waals surface area contributed by atoms with E-state index in [-0.39, 0.29) is 11.2 Å². The third-order valence-electron chi connectivity index (χ3n) is 4.85. The van der Waals surface area contributed by atoms with Crippen molar-refractivity contribution < 1.29 is 14.7 Å². The zero-order valence-corrected chi connectivity index (χ0v) is 13.5. The maximum atomic E-state index is 12.6. The second-order valence-electron chi connectivity index (χ2n) is 6.46. The number of thioether (sulfide) groups is 1. The van der Waals surface area contributed by atoms with Crippen molar-refractivity contribution in [2.45, 2.75) is 54.7 Å². The van der Waals surface area contributed by atoms with Crippen molar-refractivity contribution in [3.63, 3.8) is 0 Å². The Kier molecular flexibility index (Phi) is 4.17. The van der Waals surface area contributed by atoms with Crippen molar-refractivity contribution in [1.82, 2.24) is 5.32 Å². The van der Waals surface area contributed by atoms with E-state index < -0.39 is 17.4 Å². The predicted molar refractivity (Wildman–Crippen MR) is 85.9 cm³/mol. The van der Waals surface area contributed by atoms with E-state index in [1.54, 1.807) is 11.8 Å². The molecule has 1 heterocycles. The summed E-state index contributed by atoms with van der Waals surface area (Å²) in [5.74, 6) is -1.32. The smallest absolute Gasteiger partial charge is 0.308 e. The van der Waals surface area contributed by atoms with Crippen LogP contribution in [0.3, 0.4) is 0 Å². The van der Waals surface area contributed by atoms with Crippen molar-refractivity contribution in [2.75, 3.05) is 0 Å². The maximum absolute atomic E-state index is 12.6. The lowest BCUT2D eigenvalue weighted by Gasteiger charge is -2.40. The largest absolute Gasteiger partial charge is 0.481 e. The van der Waals surface area contributed by atoms with E-state index in [1.807, 2.05) is 25.1 Å². The summed E-state index contributed by atoms with van der Waals surface area (Å²) in [6.45, 7) is 1.88. The molecule has 1 fully saturated rings. The molecule has 0 bridgehead atoms. The highest BCUT2D eigenvalue weighted by molar-refractivity contribution is 8.01. The summed E-state index contributed by atoms with van der Waals surface area (Å²) in [6, 6.07) is 8.06. The van der Waals surface area contributed by atoms with Gasteiger partial charge < -0.3 is 10.4 Å². The number of hydrogen-bond acceptors (Lipinski definition) is 3. The molecule has 1 amide bonds. The third-order valence-corrected chi connectivity index (χ3v) is 6.17. The number of carboxylic acids is 1. The first kappa shape index (κ1) is 15.4. The summed E-state index contributed by atoms with van der Waals surface area (Å²) in [7, 11) is 0. The molecule has 0 saturated heterocycles. The highest BCUT2D eigenvalue weighted by Crippen LogP contribution is 2.38. The van der Waals surface area contributed by atoms with Gasteiger partial charge in [0.1, 0.15) is 0 Å². The Balaban J connectivity index is 1.70. The number of carbonyl (C=O) groups is 2. The average molecular weight is 319 g/mol. The average Bonchev–Trinajstić information content (AvgIpc) is 2.91.